The average molecular weight is 647 g/mol. The van der Waals surface area contributed by atoms with Crippen molar-refractivity contribution < 1.29 is 55.0 Å². The van der Waals surface area contributed by atoms with Gasteiger partial charge in [0.2, 0.25) is 0 Å². The molecule has 0 saturated heterocycles. The molecule has 0 aromatic carbocycles. The van der Waals surface area contributed by atoms with E-state index >= 15 is 0 Å². The van der Waals surface area contributed by atoms with Crippen LogP contribution >= 0.6 is 0 Å². The van der Waals surface area contributed by atoms with Crippen LogP contribution in [0.3, 0.4) is 0 Å². The SMILES string of the molecule is CCCCCCCCOOC(=CC=C(OCCCCS(=O)(=O)O)OOCCCCCCCC)OCCCCS(=O)(=O)O. The van der Waals surface area contributed by atoms with E-state index in [4.69, 9.17) is 38.1 Å². The molecule has 0 aliphatic heterocycles. The summed E-state index contributed by atoms with van der Waals surface area (Å²) in [6.45, 7) is 5.25. The molecule has 0 bridgehead atoms. The second-order valence-electron chi connectivity index (χ2n) is 10.0. The number of unbranched alkanes of at least 4 members (excludes halogenated alkanes) is 12. The van der Waals surface area contributed by atoms with E-state index in [1.54, 1.807) is 0 Å². The van der Waals surface area contributed by atoms with E-state index in [0.29, 0.717) is 26.1 Å². The van der Waals surface area contributed by atoms with Crippen molar-refractivity contribution in [1.29, 1.82) is 0 Å². The largest absolute Gasteiger partial charge is 0.463 e. The summed E-state index contributed by atoms with van der Waals surface area (Å²) in [4.78, 5) is 21.2. The van der Waals surface area contributed by atoms with Gasteiger partial charge >= 0.3 is 11.9 Å². The highest BCUT2D eigenvalue weighted by Gasteiger charge is 2.08. The summed E-state index contributed by atoms with van der Waals surface area (Å²) < 4.78 is 72.6. The molecule has 0 rings (SSSR count). The molecule has 42 heavy (non-hydrogen) atoms. The lowest BCUT2D eigenvalue weighted by molar-refractivity contribution is -0.295. The molecule has 0 radical (unpaired) electrons. The molecule has 0 aliphatic rings. The van der Waals surface area contributed by atoms with E-state index in [0.717, 1.165) is 38.5 Å². The number of allylic oxidation sites excluding steroid dienone is 2. The van der Waals surface area contributed by atoms with Crippen LogP contribution in [0, 0.1) is 0 Å². The second kappa shape index (κ2) is 27.0. The number of hydrogen-bond acceptors (Lipinski definition) is 10. The standard InChI is InChI=1S/C28H54O12S2/c1-3-5-7-9-11-13-23-37-39-27(35-21-15-17-25-41(29,30)31)19-20-28(36-22-16-18-26-42(32,33)34)40-38-24-14-12-10-8-6-4-2/h19-20H,3-18,21-26H2,1-2H3,(H,29,30,31)(H,32,33,34). The first-order chi connectivity index (χ1) is 20.1. The van der Waals surface area contributed by atoms with Gasteiger partial charge in [-0.2, -0.15) is 26.6 Å². The van der Waals surface area contributed by atoms with Crippen LogP contribution in [-0.4, -0.2) is 63.9 Å². The van der Waals surface area contributed by atoms with Gasteiger partial charge in [-0.05, 0) is 38.5 Å². The Morgan fingerprint density at radius 1 is 0.500 bits per heavy atom. The zero-order valence-corrected chi connectivity index (χ0v) is 27.1. The van der Waals surface area contributed by atoms with Crippen molar-refractivity contribution >= 4 is 20.2 Å². The van der Waals surface area contributed by atoms with Crippen molar-refractivity contribution in [2.24, 2.45) is 0 Å². The van der Waals surface area contributed by atoms with Crippen molar-refractivity contribution in [3.05, 3.63) is 24.0 Å². The van der Waals surface area contributed by atoms with Crippen LogP contribution in [-0.2, 0) is 49.3 Å². The highest BCUT2D eigenvalue weighted by molar-refractivity contribution is 7.86. The topological polar surface area (TPSA) is 164 Å². The molecular formula is C28H54O12S2. The molecule has 0 heterocycles. The minimum Gasteiger partial charge on any atom is -0.463 e. The fourth-order valence-corrected chi connectivity index (χ4v) is 4.67. The Morgan fingerprint density at radius 3 is 1.19 bits per heavy atom. The molecule has 0 aromatic rings. The Hall–Kier alpha value is -1.58. The van der Waals surface area contributed by atoms with Crippen LogP contribution in [0.1, 0.15) is 117 Å². The maximum Gasteiger partial charge on any atom is 0.317 e. The summed E-state index contributed by atoms with van der Waals surface area (Å²) in [7, 11) is -8.09. The van der Waals surface area contributed by atoms with Crippen LogP contribution in [0.5, 0.6) is 0 Å². The summed E-state index contributed by atoms with van der Waals surface area (Å²) in [6.07, 6.45) is 16.9. The van der Waals surface area contributed by atoms with Gasteiger partial charge in [0.15, 0.2) is 0 Å². The molecule has 12 nitrogen and oxygen atoms in total. The molecule has 0 saturated carbocycles. The Balaban J connectivity index is 5.05. The summed E-state index contributed by atoms with van der Waals surface area (Å²) in [5.74, 6) is -0.770. The van der Waals surface area contributed by atoms with E-state index < -0.39 is 20.2 Å². The third-order valence-electron chi connectivity index (χ3n) is 5.88. The quantitative estimate of drug-likeness (QED) is 0.0206. The minimum absolute atomic E-state index is 0.0140. The van der Waals surface area contributed by atoms with Gasteiger partial charge in [-0.15, -0.1) is 0 Å². The number of ether oxygens (including phenoxy) is 2. The van der Waals surface area contributed by atoms with Crippen LogP contribution in [0.25, 0.3) is 0 Å². The van der Waals surface area contributed by atoms with E-state index in [9.17, 15) is 16.8 Å². The lowest BCUT2D eigenvalue weighted by Gasteiger charge is -2.12. The minimum atomic E-state index is -4.05. The van der Waals surface area contributed by atoms with Gasteiger partial charge in [-0.25, -0.2) is 0 Å². The van der Waals surface area contributed by atoms with Gasteiger partial charge in [0.25, 0.3) is 20.2 Å². The normalized spacial score (nSPS) is 12.9. The molecular weight excluding hydrogens is 592 g/mol. The van der Waals surface area contributed by atoms with Gasteiger partial charge < -0.3 is 9.47 Å². The predicted molar refractivity (Wildman–Crippen MR) is 160 cm³/mol. The predicted octanol–water partition coefficient (Wildman–Crippen LogP) is 6.66. The molecule has 0 aromatic heterocycles. The van der Waals surface area contributed by atoms with Crippen molar-refractivity contribution in [3.8, 4) is 0 Å². The monoisotopic (exact) mass is 646 g/mol. The molecule has 0 spiro atoms. The van der Waals surface area contributed by atoms with Crippen LogP contribution < -0.4 is 0 Å². The van der Waals surface area contributed by atoms with E-state index in [2.05, 4.69) is 13.8 Å². The molecule has 250 valence electrons. The van der Waals surface area contributed by atoms with Gasteiger partial charge in [0.05, 0.1) is 37.9 Å². The fourth-order valence-electron chi connectivity index (χ4n) is 3.54. The zero-order valence-electron chi connectivity index (χ0n) is 25.5. The highest BCUT2D eigenvalue weighted by Crippen LogP contribution is 2.12. The number of hydrogen-bond donors (Lipinski definition) is 2. The van der Waals surface area contributed by atoms with E-state index in [-0.39, 0.29) is 49.5 Å². The summed E-state index contributed by atoms with van der Waals surface area (Å²) in [5.41, 5.74) is 0. The van der Waals surface area contributed by atoms with E-state index in [1.807, 2.05) is 0 Å². The highest BCUT2D eigenvalue weighted by atomic mass is 32.2. The van der Waals surface area contributed by atoms with Crippen LogP contribution in [0.4, 0.5) is 0 Å². The molecule has 0 atom stereocenters. The molecule has 0 fully saturated rings. The van der Waals surface area contributed by atoms with Gasteiger partial charge in [-0.3, -0.25) is 18.9 Å². The Labute approximate surface area is 253 Å². The van der Waals surface area contributed by atoms with Crippen molar-refractivity contribution in [2.45, 2.75) is 117 Å². The van der Waals surface area contributed by atoms with E-state index in [1.165, 1.54) is 50.7 Å². The Kier molecular flexibility index (Phi) is 26.0. The van der Waals surface area contributed by atoms with Crippen molar-refractivity contribution in [2.75, 3.05) is 37.9 Å². The Bertz CT molecular complexity index is 828. The molecule has 0 unspecified atom stereocenters. The third kappa shape index (κ3) is 31.4. The van der Waals surface area contributed by atoms with Crippen LogP contribution in [0.15, 0.2) is 24.0 Å². The maximum atomic E-state index is 10.9. The van der Waals surface area contributed by atoms with Gasteiger partial charge in [0, 0.05) is 12.2 Å². The molecule has 0 amide bonds. The lowest BCUT2D eigenvalue weighted by atomic mass is 10.1. The van der Waals surface area contributed by atoms with Crippen molar-refractivity contribution in [3.63, 3.8) is 0 Å². The first kappa shape index (κ1) is 40.4. The molecule has 0 aliphatic carbocycles. The molecule has 2 N–H and O–H groups in total. The number of rotatable bonds is 31. The fraction of sp³-hybridized carbons (Fsp3) is 0.857. The zero-order chi connectivity index (χ0) is 31.4. The smallest absolute Gasteiger partial charge is 0.317 e. The summed E-state index contributed by atoms with van der Waals surface area (Å²) in [5, 5.41) is 0. The third-order valence-corrected chi connectivity index (χ3v) is 7.49. The Morgan fingerprint density at radius 2 is 0.833 bits per heavy atom. The van der Waals surface area contributed by atoms with Gasteiger partial charge in [-0.1, -0.05) is 78.1 Å². The molecule has 14 heteroatoms. The summed E-state index contributed by atoms with van der Waals surface area (Å²) >= 11 is 0. The van der Waals surface area contributed by atoms with Crippen molar-refractivity contribution in [1.82, 2.24) is 0 Å². The van der Waals surface area contributed by atoms with Crippen LogP contribution in [0.2, 0.25) is 0 Å². The first-order valence-corrected chi connectivity index (χ1v) is 18.5. The average Bonchev–Trinajstić information content (AvgIpc) is 2.91. The maximum absolute atomic E-state index is 10.9. The summed E-state index contributed by atoms with van der Waals surface area (Å²) in [6, 6.07) is 0. The first-order valence-electron chi connectivity index (χ1n) is 15.2. The van der Waals surface area contributed by atoms with Gasteiger partial charge in [0.1, 0.15) is 0 Å². The second-order valence-corrected chi connectivity index (χ2v) is 13.1. The lowest BCUT2D eigenvalue weighted by Crippen LogP contribution is -2.07.